The van der Waals surface area contributed by atoms with Gasteiger partial charge in [-0.2, -0.15) is 4.99 Å². The minimum atomic E-state index is -0.687. The molecule has 0 atom stereocenters. The molecule has 4 rings (SSSR count). The average Bonchev–Trinajstić information content (AvgIpc) is 3.56. The highest BCUT2D eigenvalue weighted by Crippen LogP contribution is 2.40. The van der Waals surface area contributed by atoms with Gasteiger partial charge in [-0.3, -0.25) is 0 Å². The Balaban J connectivity index is 1.54. The smallest absolute Gasteiger partial charge is 0.151 e. The zero-order valence-electron chi connectivity index (χ0n) is 14.9. The SMILES string of the molecule is Fc1cc(N=C=S)c(F)cc1C#Cc1ccc(-c2ccc(C3CC3)cc2)cc1. The molecule has 136 valence electrons. The topological polar surface area (TPSA) is 12.4 Å². The maximum Gasteiger partial charge on any atom is 0.151 e. The maximum absolute atomic E-state index is 14.0. The summed E-state index contributed by atoms with van der Waals surface area (Å²) in [7, 11) is 0. The second-order valence-electron chi connectivity index (χ2n) is 6.71. The van der Waals surface area contributed by atoms with Crippen molar-refractivity contribution >= 4 is 23.1 Å². The Labute approximate surface area is 167 Å². The molecule has 0 radical (unpaired) electrons. The third-order valence-corrected chi connectivity index (χ3v) is 4.81. The fourth-order valence-corrected chi connectivity index (χ4v) is 3.12. The van der Waals surface area contributed by atoms with Crippen molar-refractivity contribution in [2.75, 3.05) is 0 Å². The highest BCUT2D eigenvalue weighted by atomic mass is 32.1. The molecule has 0 aromatic heterocycles. The van der Waals surface area contributed by atoms with Crippen molar-refractivity contribution < 1.29 is 8.78 Å². The standard InChI is InChI=1S/C24H15F2NS/c25-22-14-24(27-15-28)23(26)13-21(22)6-3-16-1-4-17(5-2-16)18-7-9-19(10-8-18)20-11-12-20/h1-2,4-5,7-10,13-14,20H,11-12H2. The number of benzene rings is 3. The zero-order chi connectivity index (χ0) is 19.5. The first-order chi connectivity index (χ1) is 13.6. The highest BCUT2D eigenvalue weighted by molar-refractivity contribution is 7.78. The summed E-state index contributed by atoms with van der Waals surface area (Å²) >= 11 is 4.42. The van der Waals surface area contributed by atoms with Crippen molar-refractivity contribution in [1.29, 1.82) is 0 Å². The van der Waals surface area contributed by atoms with Gasteiger partial charge in [0.2, 0.25) is 0 Å². The third-order valence-electron chi connectivity index (χ3n) is 4.72. The van der Waals surface area contributed by atoms with Crippen LogP contribution in [0.25, 0.3) is 11.1 Å². The van der Waals surface area contributed by atoms with Crippen molar-refractivity contribution in [3.8, 4) is 23.0 Å². The van der Waals surface area contributed by atoms with Gasteiger partial charge >= 0.3 is 0 Å². The van der Waals surface area contributed by atoms with E-state index in [1.165, 1.54) is 18.4 Å². The van der Waals surface area contributed by atoms with Crippen LogP contribution in [0.3, 0.4) is 0 Å². The Kier molecular flexibility index (Phi) is 5.12. The Bertz CT molecular complexity index is 1130. The maximum atomic E-state index is 14.0. The minimum Gasteiger partial charge on any atom is -0.206 e. The molecule has 0 spiro atoms. The molecule has 0 amide bonds. The van der Waals surface area contributed by atoms with Crippen LogP contribution in [0.15, 0.2) is 65.7 Å². The van der Waals surface area contributed by atoms with Gasteiger partial charge in [0.05, 0.1) is 10.7 Å². The number of thiocarbonyl (C=S) groups is 1. The molecule has 3 aromatic rings. The lowest BCUT2D eigenvalue weighted by Crippen LogP contribution is -1.87. The van der Waals surface area contributed by atoms with Gasteiger partial charge in [-0.1, -0.05) is 48.2 Å². The fraction of sp³-hybridized carbons (Fsp3) is 0.125. The average molecular weight is 387 g/mol. The Morgan fingerprint density at radius 3 is 2.07 bits per heavy atom. The second kappa shape index (κ2) is 7.86. The molecule has 4 heteroatoms. The van der Waals surface area contributed by atoms with Gasteiger partial charge in [-0.25, -0.2) is 8.78 Å². The van der Waals surface area contributed by atoms with Gasteiger partial charge in [0, 0.05) is 11.6 Å². The van der Waals surface area contributed by atoms with Crippen molar-refractivity contribution in [2.45, 2.75) is 18.8 Å². The Morgan fingerprint density at radius 2 is 1.46 bits per heavy atom. The lowest BCUT2D eigenvalue weighted by molar-refractivity contribution is 0.599. The van der Waals surface area contributed by atoms with E-state index >= 15 is 0 Å². The molecule has 0 bridgehead atoms. The summed E-state index contributed by atoms with van der Waals surface area (Å²) in [4.78, 5) is 3.48. The van der Waals surface area contributed by atoms with E-state index in [4.69, 9.17) is 0 Å². The normalized spacial score (nSPS) is 12.6. The number of aliphatic imine (C=N–C) groups is 1. The van der Waals surface area contributed by atoms with E-state index in [1.54, 1.807) is 0 Å². The number of rotatable bonds is 3. The molecule has 0 saturated heterocycles. The monoisotopic (exact) mass is 387 g/mol. The molecular weight excluding hydrogens is 372 g/mol. The molecule has 0 heterocycles. The first-order valence-corrected chi connectivity index (χ1v) is 9.34. The van der Waals surface area contributed by atoms with Crippen LogP contribution in [0.2, 0.25) is 0 Å². The second-order valence-corrected chi connectivity index (χ2v) is 6.89. The van der Waals surface area contributed by atoms with Crippen LogP contribution in [0.4, 0.5) is 14.5 Å². The van der Waals surface area contributed by atoms with Gasteiger partial charge in [0.25, 0.3) is 0 Å². The summed E-state index contributed by atoms with van der Waals surface area (Å²) < 4.78 is 27.9. The third kappa shape index (κ3) is 4.07. The van der Waals surface area contributed by atoms with Crippen LogP contribution < -0.4 is 0 Å². The first-order valence-electron chi connectivity index (χ1n) is 8.93. The molecule has 1 saturated carbocycles. The molecule has 0 unspecified atom stereocenters. The molecule has 1 aliphatic rings. The van der Waals surface area contributed by atoms with Gasteiger partial charge in [0.1, 0.15) is 11.5 Å². The summed E-state index contributed by atoms with van der Waals surface area (Å²) in [6.45, 7) is 0. The van der Waals surface area contributed by atoms with Gasteiger partial charge < -0.3 is 0 Å². The van der Waals surface area contributed by atoms with E-state index in [-0.39, 0.29) is 11.3 Å². The number of hydrogen-bond acceptors (Lipinski definition) is 2. The van der Waals surface area contributed by atoms with E-state index in [2.05, 4.69) is 53.3 Å². The van der Waals surface area contributed by atoms with Crippen LogP contribution in [-0.2, 0) is 0 Å². The van der Waals surface area contributed by atoms with Gasteiger partial charge in [-0.15, -0.1) is 0 Å². The summed E-state index contributed by atoms with van der Waals surface area (Å²) in [5.74, 6) is 4.95. The van der Waals surface area contributed by atoms with E-state index in [1.807, 2.05) is 29.4 Å². The summed E-state index contributed by atoms with van der Waals surface area (Å²) in [5, 5.41) is 2.03. The van der Waals surface area contributed by atoms with Gasteiger partial charge in [-0.05, 0) is 65.9 Å². The van der Waals surface area contributed by atoms with Crippen LogP contribution in [-0.4, -0.2) is 5.16 Å². The number of hydrogen-bond donors (Lipinski definition) is 0. The lowest BCUT2D eigenvalue weighted by atomic mass is 10.0. The quantitative estimate of drug-likeness (QED) is 0.279. The van der Waals surface area contributed by atoms with E-state index in [0.29, 0.717) is 0 Å². The van der Waals surface area contributed by atoms with Crippen molar-refractivity contribution in [1.82, 2.24) is 0 Å². The van der Waals surface area contributed by atoms with Crippen molar-refractivity contribution in [3.05, 3.63) is 89.0 Å². The van der Waals surface area contributed by atoms with Crippen LogP contribution in [0, 0.1) is 23.5 Å². The Hall–Kier alpha value is -3.12. The summed E-state index contributed by atoms with van der Waals surface area (Å²) in [6.07, 6.45) is 2.58. The molecule has 0 N–H and O–H groups in total. The van der Waals surface area contributed by atoms with Crippen molar-refractivity contribution in [3.63, 3.8) is 0 Å². The molecule has 1 fully saturated rings. The van der Waals surface area contributed by atoms with Crippen molar-refractivity contribution in [2.24, 2.45) is 4.99 Å². The van der Waals surface area contributed by atoms with Crippen LogP contribution in [0.1, 0.15) is 35.4 Å². The van der Waals surface area contributed by atoms with Gasteiger partial charge in [0.15, 0.2) is 5.82 Å². The molecule has 3 aromatic carbocycles. The number of halogens is 2. The number of isothiocyanates is 1. The van der Waals surface area contributed by atoms with Crippen LogP contribution >= 0.6 is 12.2 Å². The number of nitrogens with zero attached hydrogens (tertiary/aromatic N) is 1. The Morgan fingerprint density at radius 1 is 0.821 bits per heavy atom. The molecular formula is C24H15F2NS. The predicted molar refractivity (Wildman–Crippen MR) is 111 cm³/mol. The molecule has 1 nitrogen and oxygen atoms in total. The summed E-state index contributed by atoms with van der Waals surface area (Å²) in [6, 6.07) is 18.3. The largest absolute Gasteiger partial charge is 0.206 e. The lowest BCUT2D eigenvalue weighted by Gasteiger charge is -2.04. The summed E-state index contributed by atoms with van der Waals surface area (Å²) in [5.41, 5.74) is 4.15. The fourth-order valence-electron chi connectivity index (χ4n) is 3.02. The minimum absolute atomic E-state index is 0.0273. The first kappa shape index (κ1) is 18.3. The molecule has 0 aliphatic heterocycles. The highest BCUT2D eigenvalue weighted by Gasteiger charge is 2.22. The van der Waals surface area contributed by atoms with Crippen LogP contribution in [0.5, 0.6) is 0 Å². The predicted octanol–water partition coefficient (Wildman–Crippen LogP) is 6.64. The zero-order valence-corrected chi connectivity index (χ0v) is 15.7. The molecule has 28 heavy (non-hydrogen) atoms. The van der Waals surface area contributed by atoms with E-state index < -0.39 is 11.6 Å². The molecule has 1 aliphatic carbocycles. The van der Waals surface area contributed by atoms with E-state index in [0.717, 1.165) is 34.7 Å². The van der Waals surface area contributed by atoms with E-state index in [9.17, 15) is 8.78 Å².